The van der Waals surface area contributed by atoms with Gasteiger partial charge in [-0.2, -0.15) is 0 Å². The van der Waals surface area contributed by atoms with E-state index >= 15 is 0 Å². The SMILES string of the molecule is CCc1nc(C(N)=O)c(Nc2ccc(N3CCC(N4CCN(C)CC4)CC3)cc2)nc1N1CCNC[C@@H]1C. The van der Waals surface area contributed by atoms with Gasteiger partial charge >= 0.3 is 0 Å². The van der Waals surface area contributed by atoms with Crippen LogP contribution in [0.15, 0.2) is 24.3 Å². The van der Waals surface area contributed by atoms with Crippen molar-refractivity contribution in [3.8, 4) is 0 Å². The van der Waals surface area contributed by atoms with E-state index in [1.165, 1.54) is 44.7 Å². The largest absolute Gasteiger partial charge is 0.371 e. The minimum absolute atomic E-state index is 0.184. The van der Waals surface area contributed by atoms with Gasteiger partial charge in [0.1, 0.15) is 0 Å². The predicted octanol–water partition coefficient (Wildman–Crippen LogP) is 1.90. The van der Waals surface area contributed by atoms with Gasteiger partial charge in [0.25, 0.3) is 5.91 Å². The van der Waals surface area contributed by atoms with E-state index < -0.39 is 5.91 Å². The van der Waals surface area contributed by atoms with Crippen molar-refractivity contribution in [3.63, 3.8) is 0 Å². The molecule has 4 heterocycles. The maximum Gasteiger partial charge on any atom is 0.271 e. The number of likely N-dealkylation sites (N-methyl/N-ethyl adjacent to an activating group) is 1. The Labute approximate surface area is 226 Å². The van der Waals surface area contributed by atoms with E-state index in [2.05, 4.69) is 73.5 Å². The highest BCUT2D eigenvalue weighted by Crippen LogP contribution is 2.29. The van der Waals surface area contributed by atoms with Crippen LogP contribution in [0.1, 0.15) is 42.9 Å². The van der Waals surface area contributed by atoms with Gasteiger partial charge in [-0.25, -0.2) is 9.97 Å². The Morgan fingerprint density at radius 3 is 2.39 bits per heavy atom. The number of nitrogens with two attached hydrogens (primary N) is 1. The minimum Gasteiger partial charge on any atom is -0.371 e. The summed E-state index contributed by atoms with van der Waals surface area (Å²) in [5.41, 5.74) is 8.80. The molecular formula is C28H43N9O. The minimum atomic E-state index is -0.575. The third-order valence-corrected chi connectivity index (χ3v) is 8.30. The molecule has 3 saturated heterocycles. The number of aromatic nitrogens is 2. The number of nitrogens with one attached hydrogen (secondary N) is 2. The zero-order valence-corrected chi connectivity index (χ0v) is 23.1. The Morgan fingerprint density at radius 1 is 1.05 bits per heavy atom. The summed E-state index contributed by atoms with van der Waals surface area (Å²) in [6.45, 7) is 13.7. The monoisotopic (exact) mass is 521 g/mol. The van der Waals surface area contributed by atoms with Crippen molar-refractivity contribution in [2.24, 2.45) is 5.73 Å². The van der Waals surface area contributed by atoms with Crippen LogP contribution in [-0.2, 0) is 6.42 Å². The molecule has 0 unspecified atom stereocenters. The van der Waals surface area contributed by atoms with Crippen LogP contribution in [0.5, 0.6) is 0 Å². The van der Waals surface area contributed by atoms with Crippen molar-refractivity contribution < 1.29 is 4.79 Å². The van der Waals surface area contributed by atoms with Gasteiger partial charge in [0.05, 0.1) is 5.69 Å². The third kappa shape index (κ3) is 5.87. The molecule has 1 aromatic heterocycles. The maximum atomic E-state index is 12.3. The summed E-state index contributed by atoms with van der Waals surface area (Å²) in [6.07, 6.45) is 3.09. The van der Waals surface area contributed by atoms with Gasteiger partial charge in [0, 0.05) is 82.4 Å². The quantitative estimate of drug-likeness (QED) is 0.504. The number of amides is 1. The standard InChI is InChI=1S/C28H43N9O/c1-4-24-28(37-14-11-30-19-20(37)2)33-27(25(32-24)26(29)38)31-21-5-7-22(8-6-21)35-12-9-23(10-13-35)36-17-15-34(3)16-18-36/h5-8,20,23,30H,4,9-19H2,1-3H3,(H2,29,38)(H,31,33)/t20-/m0/s1. The van der Waals surface area contributed by atoms with Gasteiger partial charge in [-0.15, -0.1) is 0 Å². The number of hydrogen-bond donors (Lipinski definition) is 3. The predicted molar refractivity (Wildman–Crippen MR) is 154 cm³/mol. The molecule has 1 aromatic carbocycles. The average molecular weight is 522 g/mol. The highest BCUT2D eigenvalue weighted by molar-refractivity contribution is 5.96. The lowest BCUT2D eigenvalue weighted by molar-refractivity contribution is 0.0982. The van der Waals surface area contributed by atoms with Gasteiger partial charge < -0.3 is 31.1 Å². The number of anilines is 4. The fourth-order valence-electron chi connectivity index (χ4n) is 5.91. The normalized spacial score (nSPS) is 22.0. The van der Waals surface area contributed by atoms with Gasteiger partial charge in [-0.1, -0.05) is 6.92 Å². The molecular weight excluding hydrogens is 478 g/mol. The van der Waals surface area contributed by atoms with E-state index in [1.54, 1.807) is 0 Å². The summed E-state index contributed by atoms with van der Waals surface area (Å²) in [5.74, 6) is 0.666. The number of benzene rings is 1. The van der Waals surface area contributed by atoms with E-state index in [0.29, 0.717) is 18.3 Å². The molecule has 206 valence electrons. The third-order valence-electron chi connectivity index (χ3n) is 8.30. The first-order valence-electron chi connectivity index (χ1n) is 14.2. The lowest BCUT2D eigenvalue weighted by Crippen LogP contribution is -2.52. The number of hydrogen-bond acceptors (Lipinski definition) is 9. The zero-order valence-electron chi connectivity index (χ0n) is 23.1. The van der Waals surface area contributed by atoms with Crippen LogP contribution in [0.4, 0.5) is 23.0 Å². The van der Waals surface area contributed by atoms with Crippen molar-refractivity contribution in [2.75, 3.05) is 81.1 Å². The molecule has 1 amide bonds. The molecule has 38 heavy (non-hydrogen) atoms. The molecule has 0 saturated carbocycles. The molecule has 10 nitrogen and oxygen atoms in total. The van der Waals surface area contributed by atoms with Gasteiger partial charge in [-0.05, 0) is 57.5 Å². The zero-order chi connectivity index (χ0) is 26.6. The number of piperidine rings is 1. The van der Waals surface area contributed by atoms with E-state index in [4.69, 9.17) is 10.7 Å². The lowest BCUT2D eigenvalue weighted by atomic mass is 10.0. The second-order valence-electron chi connectivity index (χ2n) is 10.9. The summed E-state index contributed by atoms with van der Waals surface area (Å²) >= 11 is 0. The van der Waals surface area contributed by atoms with Gasteiger partial charge in [0.2, 0.25) is 0 Å². The molecule has 3 fully saturated rings. The Hall–Kier alpha value is -2.95. The molecule has 3 aliphatic heterocycles. The molecule has 0 radical (unpaired) electrons. The Balaban J connectivity index is 1.28. The molecule has 10 heteroatoms. The Kier molecular flexibility index (Phi) is 8.30. The van der Waals surface area contributed by atoms with Gasteiger partial charge in [0.15, 0.2) is 17.3 Å². The summed E-state index contributed by atoms with van der Waals surface area (Å²) in [6, 6.07) is 9.39. The van der Waals surface area contributed by atoms with E-state index in [0.717, 1.165) is 49.9 Å². The number of carbonyl (C=O) groups is 1. The molecule has 4 N–H and O–H groups in total. The fourth-order valence-corrected chi connectivity index (χ4v) is 5.91. The first-order chi connectivity index (χ1) is 18.4. The van der Waals surface area contributed by atoms with Crippen LogP contribution in [0.2, 0.25) is 0 Å². The molecule has 0 spiro atoms. The van der Waals surface area contributed by atoms with Crippen molar-refractivity contribution in [2.45, 2.75) is 45.2 Å². The Morgan fingerprint density at radius 2 is 1.76 bits per heavy atom. The molecule has 0 bridgehead atoms. The van der Waals surface area contributed by atoms with Crippen molar-refractivity contribution in [1.29, 1.82) is 0 Å². The highest BCUT2D eigenvalue weighted by atomic mass is 16.1. The second kappa shape index (κ2) is 11.8. The van der Waals surface area contributed by atoms with Crippen LogP contribution in [0.3, 0.4) is 0 Å². The van der Waals surface area contributed by atoms with E-state index in [9.17, 15) is 4.79 Å². The average Bonchev–Trinajstić information content (AvgIpc) is 2.94. The number of nitrogens with zero attached hydrogens (tertiary/aromatic N) is 6. The molecule has 2 aromatic rings. The van der Waals surface area contributed by atoms with Crippen molar-refractivity contribution in [1.82, 2.24) is 25.1 Å². The molecule has 1 atom stereocenters. The number of aryl methyl sites for hydroxylation is 1. The molecule has 5 rings (SSSR count). The van der Waals surface area contributed by atoms with E-state index in [1.807, 2.05) is 6.92 Å². The highest BCUT2D eigenvalue weighted by Gasteiger charge is 2.28. The van der Waals surface area contributed by atoms with Crippen LogP contribution in [0, 0.1) is 0 Å². The number of carbonyl (C=O) groups excluding carboxylic acids is 1. The van der Waals surface area contributed by atoms with Crippen LogP contribution in [-0.4, -0.2) is 104 Å². The smallest absolute Gasteiger partial charge is 0.271 e. The van der Waals surface area contributed by atoms with Crippen LogP contribution >= 0.6 is 0 Å². The summed E-state index contributed by atoms with van der Waals surface area (Å²) in [5, 5.41) is 6.76. The second-order valence-corrected chi connectivity index (χ2v) is 10.9. The summed E-state index contributed by atoms with van der Waals surface area (Å²) < 4.78 is 0. The maximum absolute atomic E-state index is 12.3. The van der Waals surface area contributed by atoms with Crippen molar-refractivity contribution in [3.05, 3.63) is 35.7 Å². The number of rotatable bonds is 7. The van der Waals surface area contributed by atoms with Crippen LogP contribution in [0.25, 0.3) is 0 Å². The first-order valence-corrected chi connectivity index (χ1v) is 14.2. The number of piperazine rings is 2. The Bertz CT molecular complexity index is 1090. The lowest BCUT2D eigenvalue weighted by Gasteiger charge is -2.42. The van der Waals surface area contributed by atoms with Crippen LogP contribution < -0.4 is 26.2 Å². The molecule has 3 aliphatic rings. The first kappa shape index (κ1) is 26.6. The van der Waals surface area contributed by atoms with Crippen molar-refractivity contribution >= 4 is 28.9 Å². The van der Waals surface area contributed by atoms with Gasteiger partial charge in [-0.3, -0.25) is 9.69 Å². The summed E-state index contributed by atoms with van der Waals surface area (Å²) in [4.78, 5) is 31.7. The van der Waals surface area contributed by atoms with E-state index in [-0.39, 0.29) is 11.7 Å². The summed E-state index contributed by atoms with van der Waals surface area (Å²) in [7, 11) is 2.21. The molecule has 0 aliphatic carbocycles. The fraction of sp³-hybridized carbons (Fsp3) is 0.607. The number of primary amides is 1. The topological polar surface area (TPSA) is 106 Å².